The predicted octanol–water partition coefficient (Wildman–Crippen LogP) is 7.49. The van der Waals surface area contributed by atoms with E-state index in [4.69, 9.17) is 9.47 Å². The van der Waals surface area contributed by atoms with Crippen LogP contribution in [0.15, 0.2) is 69.6 Å². The Morgan fingerprint density at radius 1 is 0.694 bits per heavy atom. The lowest BCUT2D eigenvalue weighted by Gasteiger charge is -2.16. The van der Waals surface area contributed by atoms with E-state index in [2.05, 4.69) is 70.2 Å². The SMILES string of the molecule is CC(C)c1cc(Br)ccc1OCC(=O)Nc1ccccc1NC(=O)COc1ccc(Br)cc1C(C)C. The fourth-order valence-electron chi connectivity index (χ4n) is 3.56. The van der Waals surface area contributed by atoms with Gasteiger partial charge in [0.05, 0.1) is 11.4 Å². The van der Waals surface area contributed by atoms with Crippen molar-refractivity contribution in [1.82, 2.24) is 0 Å². The summed E-state index contributed by atoms with van der Waals surface area (Å²) in [5.41, 5.74) is 2.98. The van der Waals surface area contributed by atoms with Crippen molar-refractivity contribution in [2.24, 2.45) is 0 Å². The first-order valence-corrected chi connectivity index (χ1v) is 13.3. The molecular weight excluding hydrogens is 588 g/mol. The number of amides is 2. The highest BCUT2D eigenvalue weighted by Gasteiger charge is 2.14. The normalized spacial score (nSPS) is 10.9. The molecular formula is C28H30Br2N2O4. The number of para-hydroxylation sites is 2. The molecule has 0 unspecified atom stereocenters. The lowest BCUT2D eigenvalue weighted by Crippen LogP contribution is -2.24. The van der Waals surface area contributed by atoms with E-state index in [9.17, 15) is 9.59 Å². The summed E-state index contributed by atoms with van der Waals surface area (Å²) in [6, 6.07) is 18.4. The monoisotopic (exact) mass is 616 g/mol. The number of carbonyl (C=O) groups is 2. The fourth-order valence-corrected chi connectivity index (χ4v) is 4.32. The molecule has 3 rings (SSSR count). The van der Waals surface area contributed by atoms with E-state index in [0.29, 0.717) is 22.9 Å². The first-order chi connectivity index (χ1) is 17.1. The Labute approximate surface area is 229 Å². The average Bonchev–Trinajstić information content (AvgIpc) is 2.83. The number of carbonyl (C=O) groups excluding carboxylic acids is 2. The van der Waals surface area contributed by atoms with Crippen LogP contribution in [0, 0.1) is 0 Å². The molecule has 3 aromatic carbocycles. The van der Waals surface area contributed by atoms with Gasteiger partial charge in [0, 0.05) is 8.95 Å². The lowest BCUT2D eigenvalue weighted by molar-refractivity contribution is -0.119. The van der Waals surface area contributed by atoms with Gasteiger partial charge in [-0.05, 0) is 71.5 Å². The quantitative estimate of drug-likeness (QED) is 0.247. The van der Waals surface area contributed by atoms with Crippen molar-refractivity contribution in [3.05, 3.63) is 80.7 Å². The van der Waals surface area contributed by atoms with Crippen molar-refractivity contribution in [1.29, 1.82) is 0 Å². The summed E-state index contributed by atoms with van der Waals surface area (Å²) in [4.78, 5) is 25.2. The van der Waals surface area contributed by atoms with Crippen molar-refractivity contribution in [2.45, 2.75) is 39.5 Å². The van der Waals surface area contributed by atoms with Crippen molar-refractivity contribution in [3.63, 3.8) is 0 Å². The molecule has 3 aromatic rings. The highest BCUT2D eigenvalue weighted by atomic mass is 79.9. The number of anilines is 2. The Morgan fingerprint density at radius 3 is 1.44 bits per heavy atom. The Balaban J connectivity index is 1.60. The minimum Gasteiger partial charge on any atom is -0.483 e. The second-order valence-electron chi connectivity index (χ2n) is 8.89. The topological polar surface area (TPSA) is 76.7 Å². The van der Waals surface area contributed by atoms with Gasteiger partial charge in [0.1, 0.15) is 11.5 Å². The Bertz CT molecular complexity index is 1130. The van der Waals surface area contributed by atoms with Crippen LogP contribution in [0.25, 0.3) is 0 Å². The standard InChI is InChI=1S/C28H30Br2N2O4/c1-17(2)21-13-19(29)9-11-25(21)35-15-27(33)31-23-7-5-6-8-24(23)32-28(34)16-36-26-12-10-20(30)14-22(26)18(3)4/h5-14,17-18H,15-16H2,1-4H3,(H,31,33)(H,32,34). The summed E-state index contributed by atoms with van der Waals surface area (Å²) in [7, 11) is 0. The molecule has 6 nitrogen and oxygen atoms in total. The summed E-state index contributed by atoms with van der Waals surface area (Å²) in [5, 5.41) is 5.63. The molecule has 0 aliphatic heterocycles. The highest BCUT2D eigenvalue weighted by molar-refractivity contribution is 9.10. The average molecular weight is 618 g/mol. The maximum atomic E-state index is 12.6. The van der Waals surface area contributed by atoms with E-state index in [1.165, 1.54) is 0 Å². The third-order valence-electron chi connectivity index (χ3n) is 5.38. The van der Waals surface area contributed by atoms with Crippen LogP contribution in [-0.4, -0.2) is 25.0 Å². The molecule has 0 saturated heterocycles. The van der Waals surface area contributed by atoms with Crippen molar-refractivity contribution in [2.75, 3.05) is 23.8 Å². The molecule has 0 heterocycles. The van der Waals surface area contributed by atoms with Gasteiger partial charge in [-0.3, -0.25) is 9.59 Å². The Morgan fingerprint density at radius 2 is 1.08 bits per heavy atom. The van der Waals surface area contributed by atoms with Crippen LogP contribution < -0.4 is 20.1 Å². The molecule has 0 atom stereocenters. The lowest BCUT2D eigenvalue weighted by atomic mass is 10.0. The van der Waals surface area contributed by atoms with Gasteiger partial charge in [0.15, 0.2) is 13.2 Å². The van der Waals surface area contributed by atoms with Gasteiger partial charge in [-0.1, -0.05) is 71.7 Å². The van der Waals surface area contributed by atoms with Gasteiger partial charge in [-0.2, -0.15) is 0 Å². The molecule has 0 spiro atoms. The molecule has 2 N–H and O–H groups in total. The number of nitrogens with one attached hydrogen (secondary N) is 2. The van der Waals surface area contributed by atoms with Gasteiger partial charge < -0.3 is 20.1 Å². The molecule has 0 aliphatic rings. The maximum Gasteiger partial charge on any atom is 0.262 e. The van der Waals surface area contributed by atoms with Crippen LogP contribution in [0.3, 0.4) is 0 Å². The number of halogens is 2. The van der Waals surface area contributed by atoms with Crippen LogP contribution >= 0.6 is 31.9 Å². The minimum atomic E-state index is -0.331. The molecule has 0 aliphatic carbocycles. The van der Waals surface area contributed by atoms with Crippen LogP contribution in [0.2, 0.25) is 0 Å². The number of rotatable bonds is 10. The summed E-state index contributed by atoms with van der Waals surface area (Å²) < 4.78 is 13.5. The third kappa shape index (κ3) is 7.83. The van der Waals surface area contributed by atoms with Gasteiger partial charge in [-0.15, -0.1) is 0 Å². The summed E-state index contributed by atoms with van der Waals surface area (Å²) in [6.45, 7) is 7.95. The first-order valence-electron chi connectivity index (χ1n) is 11.7. The zero-order valence-corrected chi connectivity index (χ0v) is 23.9. The number of benzene rings is 3. The van der Waals surface area contributed by atoms with Gasteiger partial charge in [0.2, 0.25) is 0 Å². The van der Waals surface area contributed by atoms with E-state index in [-0.39, 0.29) is 36.9 Å². The second-order valence-corrected chi connectivity index (χ2v) is 10.7. The molecule has 0 bridgehead atoms. The van der Waals surface area contributed by atoms with Crippen LogP contribution in [-0.2, 0) is 9.59 Å². The van der Waals surface area contributed by atoms with Crippen molar-refractivity contribution in [3.8, 4) is 11.5 Å². The van der Waals surface area contributed by atoms with Crippen molar-refractivity contribution < 1.29 is 19.1 Å². The van der Waals surface area contributed by atoms with Crippen LogP contribution in [0.5, 0.6) is 11.5 Å². The summed E-state index contributed by atoms with van der Waals surface area (Å²) in [5.74, 6) is 1.15. The number of hydrogen-bond acceptors (Lipinski definition) is 4. The summed E-state index contributed by atoms with van der Waals surface area (Å²) in [6.07, 6.45) is 0. The third-order valence-corrected chi connectivity index (χ3v) is 6.37. The number of ether oxygens (including phenoxy) is 2. The molecule has 0 saturated carbocycles. The zero-order chi connectivity index (χ0) is 26.2. The highest BCUT2D eigenvalue weighted by Crippen LogP contribution is 2.31. The molecule has 8 heteroatoms. The van der Waals surface area contributed by atoms with Crippen molar-refractivity contribution >= 4 is 55.0 Å². The zero-order valence-electron chi connectivity index (χ0n) is 20.7. The molecule has 2 amide bonds. The number of hydrogen-bond donors (Lipinski definition) is 2. The predicted molar refractivity (Wildman–Crippen MR) is 151 cm³/mol. The van der Waals surface area contributed by atoms with E-state index < -0.39 is 0 Å². The van der Waals surface area contributed by atoms with Gasteiger partial charge in [0.25, 0.3) is 11.8 Å². The summed E-state index contributed by atoms with van der Waals surface area (Å²) >= 11 is 6.95. The first kappa shape index (κ1) is 27.7. The molecule has 0 radical (unpaired) electrons. The van der Waals surface area contributed by atoms with Gasteiger partial charge in [-0.25, -0.2) is 0 Å². The minimum absolute atomic E-state index is 0.158. The smallest absolute Gasteiger partial charge is 0.262 e. The molecule has 190 valence electrons. The second kappa shape index (κ2) is 12.9. The largest absolute Gasteiger partial charge is 0.483 e. The Kier molecular flexibility index (Phi) is 9.96. The molecule has 36 heavy (non-hydrogen) atoms. The van der Waals surface area contributed by atoms with Crippen LogP contribution in [0.4, 0.5) is 11.4 Å². The van der Waals surface area contributed by atoms with E-state index >= 15 is 0 Å². The molecule has 0 fully saturated rings. The maximum absolute atomic E-state index is 12.6. The van der Waals surface area contributed by atoms with Gasteiger partial charge >= 0.3 is 0 Å². The van der Waals surface area contributed by atoms with E-state index in [1.807, 2.05) is 36.4 Å². The fraction of sp³-hybridized carbons (Fsp3) is 0.286. The van der Waals surface area contributed by atoms with E-state index in [0.717, 1.165) is 20.1 Å². The Hall–Kier alpha value is -2.84. The molecule has 0 aromatic heterocycles. The van der Waals surface area contributed by atoms with E-state index in [1.54, 1.807) is 24.3 Å². The van der Waals surface area contributed by atoms with Crippen LogP contribution in [0.1, 0.15) is 50.7 Å².